The molecule has 19 heavy (non-hydrogen) atoms. The molecule has 98 valence electrons. The van der Waals surface area contributed by atoms with Crippen molar-refractivity contribution in [1.82, 2.24) is 15.2 Å². The van der Waals surface area contributed by atoms with Gasteiger partial charge in [-0.2, -0.15) is 0 Å². The van der Waals surface area contributed by atoms with Crippen molar-refractivity contribution < 1.29 is 9.53 Å². The van der Waals surface area contributed by atoms with E-state index in [1.807, 2.05) is 22.6 Å². The summed E-state index contributed by atoms with van der Waals surface area (Å²) in [6.07, 6.45) is 1.75. The molecule has 0 radical (unpaired) electrons. The van der Waals surface area contributed by atoms with Gasteiger partial charge in [-0.1, -0.05) is 0 Å². The lowest BCUT2D eigenvalue weighted by molar-refractivity contribution is -0.115. The zero-order valence-electron chi connectivity index (χ0n) is 10.1. The maximum absolute atomic E-state index is 11.8. The molecule has 2 aromatic rings. The van der Waals surface area contributed by atoms with Crippen LogP contribution in [0.1, 0.15) is 5.69 Å². The summed E-state index contributed by atoms with van der Waals surface area (Å²) in [5.74, 6) is 0.903. The van der Waals surface area contributed by atoms with E-state index in [2.05, 4.69) is 20.5 Å². The van der Waals surface area contributed by atoms with Gasteiger partial charge < -0.3 is 10.1 Å². The number of carbonyl (C=O) groups is 1. The van der Waals surface area contributed by atoms with E-state index in [0.29, 0.717) is 17.3 Å². The molecule has 6 nitrogen and oxygen atoms in total. The summed E-state index contributed by atoms with van der Waals surface area (Å²) in [7, 11) is 1.57. The molecular formula is C12H11IN4O2. The van der Waals surface area contributed by atoms with Gasteiger partial charge in [-0.25, -0.2) is 0 Å². The Balaban J connectivity index is 1.95. The van der Waals surface area contributed by atoms with Gasteiger partial charge in [-0.15, -0.1) is 10.2 Å². The fourth-order valence-electron chi connectivity index (χ4n) is 1.37. The average Bonchev–Trinajstić information content (AvgIpc) is 2.42. The number of halogens is 1. The molecule has 2 rings (SSSR count). The van der Waals surface area contributed by atoms with E-state index >= 15 is 0 Å². The minimum Gasteiger partial charge on any atom is -0.495 e. The second-order valence-electron chi connectivity index (χ2n) is 3.66. The van der Waals surface area contributed by atoms with E-state index in [9.17, 15) is 4.79 Å². The minimum atomic E-state index is -0.187. The number of rotatable bonds is 4. The lowest BCUT2D eigenvalue weighted by atomic mass is 10.2. The van der Waals surface area contributed by atoms with Crippen LogP contribution in [-0.2, 0) is 11.2 Å². The zero-order valence-corrected chi connectivity index (χ0v) is 12.3. The van der Waals surface area contributed by atoms with E-state index in [0.717, 1.165) is 3.70 Å². The van der Waals surface area contributed by atoms with Crippen LogP contribution in [0, 0.1) is 3.70 Å². The summed E-state index contributed by atoms with van der Waals surface area (Å²) in [6, 6.07) is 6.99. The molecule has 0 saturated heterocycles. The van der Waals surface area contributed by atoms with Gasteiger partial charge in [-0.05, 0) is 46.9 Å². The average molecular weight is 370 g/mol. The lowest BCUT2D eigenvalue weighted by Gasteiger charge is -2.04. The first-order valence-electron chi connectivity index (χ1n) is 5.45. The maximum Gasteiger partial charge on any atom is 0.231 e. The third-order valence-electron chi connectivity index (χ3n) is 2.27. The zero-order chi connectivity index (χ0) is 13.7. The van der Waals surface area contributed by atoms with E-state index in [1.165, 1.54) is 0 Å². The number of carbonyl (C=O) groups excluding carboxylic acids is 1. The Bertz CT molecular complexity index is 557. The molecule has 0 saturated carbocycles. The Morgan fingerprint density at radius 1 is 1.32 bits per heavy atom. The summed E-state index contributed by atoms with van der Waals surface area (Å²) in [5.41, 5.74) is 0.664. The van der Waals surface area contributed by atoms with Crippen LogP contribution >= 0.6 is 22.6 Å². The standard InChI is InChI=1S/C12H11IN4O2/c1-19-9-3-2-8(14-7-9)6-12(18)15-11-5-4-10(13)16-17-11/h2-5,7H,6H2,1H3,(H,15,17,18). The van der Waals surface area contributed by atoms with Gasteiger partial charge in [0.15, 0.2) is 5.82 Å². The van der Waals surface area contributed by atoms with Crippen LogP contribution in [0.4, 0.5) is 5.82 Å². The molecule has 2 aromatic heterocycles. The molecule has 0 atom stereocenters. The number of aromatic nitrogens is 3. The Hall–Kier alpha value is -1.77. The molecule has 1 N–H and O–H groups in total. The molecule has 0 unspecified atom stereocenters. The third-order valence-corrected chi connectivity index (χ3v) is 2.85. The smallest absolute Gasteiger partial charge is 0.231 e. The van der Waals surface area contributed by atoms with Gasteiger partial charge in [-0.3, -0.25) is 9.78 Å². The largest absolute Gasteiger partial charge is 0.495 e. The van der Waals surface area contributed by atoms with Gasteiger partial charge in [0, 0.05) is 5.69 Å². The van der Waals surface area contributed by atoms with Gasteiger partial charge in [0.2, 0.25) is 5.91 Å². The van der Waals surface area contributed by atoms with Gasteiger partial charge in [0.1, 0.15) is 9.45 Å². The van der Waals surface area contributed by atoms with Crippen molar-refractivity contribution >= 4 is 34.3 Å². The predicted octanol–water partition coefficient (Wildman–Crippen LogP) is 1.67. The van der Waals surface area contributed by atoms with Gasteiger partial charge >= 0.3 is 0 Å². The fourth-order valence-corrected chi connectivity index (χ4v) is 1.66. The van der Waals surface area contributed by atoms with Crippen molar-refractivity contribution in [3.8, 4) is 5.75 Å². The molecule has 0 aliphatic rings. The van der Waals surface area contributed by atoms with Gasteiger partial charge in [0.05, 0.1) is 19.7 Å². The van der Waals surface area contributed by atoms with E-state index in [4.69, 9.17) is 4.74 Å². The first kappa shape index (κ1) is 13.7. The molecule has 1 amide bonds. The Labute approximate surface area is 123 Å². The van der Waals surface area contributed by atoms with Crippen LogP contribution in [-0.4, -0.2) is 28.2 Å². The van der Waals surface area contributed by atoms with Crippen LogP contribution in [0.2, 0.25) is 0 Å². The number of pyridine rings is 1. The third kappa shape index (κ3) is 4.12. The lowest BCUT2D eigenvalue weighted by Crippen LogP contribution is -2.16. The summed E-state index contributed by atoms with van der Waals surface area (Å²) in [4.78, 5) is 15.9. The molecular weight excluding hydrogens is 359 g/mol. The molecule has 0 aliphatic heterocycles. The van der Waals surface area contributed by atoms with E-state index < -0.39 is 0 Å². The molecule has 0 spiro atoms. The van der Waals surface area contributed by atoms with Gasteiger partial charge in [0.25, 0.3) is 0 Å². The first-order chi connectivity index (χ1) is 9.17. The quantitative estimate of drug-likeness (QED) is 0.829. The second kappa shape index (κ2) is 6.41. The number of anilines is 1. The molecule has 0 fully saturated rings. The predicted molar refractivity (Wildman–Crippen MR) is 77.9 cm³/mol. The van der Waals surface area contributed by atoms with Crippen molar-refractivity contribution in [2.45, 2.75) is 6.42 Å². The van der Waals surface area contributed by atoms with Crippen LogP contribution in [0.3, 0.4) is 0 Å². The van der Waals surface area contributed by atoms with Crippen molar-refractivity contribution in [3.63, 3.8) is 0 Å². The summed E-state index contributed by atoms with van der Waals surface area (Å²) < 4.78 is 5.77. The molecule has 0 bridgehead atoms. The molecule has 0 aromatic carbocycles. The number of hydrogen-bond acceptors (Lipinski definition) is 5. The summed E-state index contributed by atoms with van der Waals surface area (Å²) in [6.45, 7) is 0. The topological polar surface area (TPSA) is 77.0 Å². The van der Waals surface area contributed by atoms with Crippen molar-refractivity contribution in [3.05, 3.63) is 39.9 Å². The Morgan fingerprint density at radius 3 is 2.74 bits per heavy atom. The molecule has 2 heterocycles. The summed E-state index contributed by atoms with van der Waals surface area (Å²) in [5, 5.41) is 10.4. The van der Waals surface area contributed by atoms with Crippen molar-refractivity contribution in [2.24, 2.45) is 0 Å². The number of hydrogen-bond donors (Lipinski definition) is 1. The number of methoxy groups -OCH3 is 1. The van der Waals surface area contributed by atoms with Crippen LogP contribution in [0.25, 0.3) is 0 Å². The minimum absolute atomic E-state index is 0.178. The molecule has 0 aliphatic carbocycles. The Morgan fingerprint density at radius 2 is 2.16 bits per heavy atom. The van der Waals surface area contributed by atoms with Crippen LogP contribution < -0.4 is 10.1 Å². The highest BCUT2D eigenvalue weighted by atomic mass is 127. The van der Waals surface area contributed by atoms with Crippen molar-refractivity contribution in [2.75, 3.05) is 12.4 Å². The number of amides is 1. The van der Waals surface area contributed by atoms with Crippen LogP contribution in [0.15, 0.2) is 30.5 Å². The maximum atomic E-state index is 11.8. The normalized spacial score (nSPS) is 10.0. The first-order valence-corrected chi connectivity index (χ1v) is 6.53. The SMILES string of the molecule is COc1ccc(CC(=O)Nc2ccc(I)nn2)nc1. The van der Waals surface area contributed by atoms with Crippen molar-refractivity contribution in [1.29, 1.82) is 0 Å². The monoisotopic (exact) mass is 370 g/mol. The Kier molecular flexibility index (Phi) is 4.61. The molecule has 7 heteroatoms. The number of nitrogens with zero attached hydrogens (tertiary/aromatic N) is 3. The van der Waals surface area contributed by atoms with E-state index in [-0.39, 0.29) is 12.3 Å². The fraction of sp³-hybridized carbons (Fsp3) is 0.167. The number of nitrogens with one attached hydrogen (secondary N) is 1. The second-order valence-corrected chi connectivity index (χ2v) is 4.76. The highest BCUT2D eigenvalue weighted by Gasteiger charge is 2.06. The highest BCUT2D eigenvalue weighted by Crippen LogP contribution is 2.09. The number of ether oxygens (including phenoxy) is 1. The highest BCUT2D eigenvalue weighted by molar-refractivity contribution is 14.1. The van der Waals surface area contributed by atoms with E-state index in [1.54, 1.807) is 37.6 Å². The van der Waals surface area contributed by atoms with Crippen LogP contribution in [0.5, 0.6) is 5.75 Å². The summed E-state index contributed by atoms with van der Waals surface area (Å²) >= 11 is 2.05.